The normalized spacial score (nSPS) is 22.0. The van der Waals surface area contributed by atoms with E-state index in [1.54, 1.807) is 6.92 Å². The van der Waals surface area contributed by atoms with Gasteiger partial charge in [-0.2, -0.15) is 4.31 Å². The lowest BCUT2D eigenvalue weighted by molar-refractivity contribution is 0.190. The van der Waals surface area contributed by atoms with E-state index in [0.29, 0.717) is 18.8 Å². The number of likely N-dealkylation sites (N-methyl/N-ethyl adjacent to an activating group) is 1. The number of thiazole rings is 1. The Morgan fingerprint density at radius 1 is 1.42 bits per heavy atom. The minimum Gasteiger partial charge on any atom is -0.315 e. The first-order chi connectivity index (χ1) is 8.82. The Morgan fingerprint density at radius 2 is 2.11 bits per heavy atom. The van der Waals surface area contributed by atoms with Crippen molar-refractivity contribution >= 4 is 21.4 Å². The van der Waals surface area contributed by atoms with Crippen molar-refractivity contribution in [1.82, 2.24) is 14.2 Å². The van der Waals surface area contributed by atoms with E-state index in [2.05, 4.69) is 4.98 Å². The number of aromatic nitrogens is 1. The van der Waals surface area contributed by atoms with Crippen LogP contribution in [0, 0.1) is 6.92 Å². The van der Waals surface area contributed by atoms with E-state index in [9.17, 15) is 13.2 Å². The summed E-state index contributed by atoms with van der Waals surface area (Å²) in [6.45, 7) is 2.64. The van der Waals surface area contributed by atoms with Crippen LogP contribution in [0.2, 0.25) is 0 Å². The molecule has 2 heterocycles. The maximum absolute atomic E-state index is 12.5. The number of rotatable bonds is 3. The van der Waals surface area contributed by atoms with Gasteiger partial charge in [-0.05, 0) is 33.9 Å². The van der Waals surface area contributed by atoms with Gasteiger partial charge >= 0.3 is 4.87 Å². The smallest absolute Gasteiger partial charge is 0.305 e. The molecular formula is C11H19N3O3S2. The molecule has 0 bridgehead atoms. The van der Waals surface area contributed by atoms with E-state index in [4.69, 9.17) is 0 Å². The molecule has 1 aromatic heterocycles. The molecule has 1 saturated heterocycles. The molecule has 1 aliphatic heterocycles. The average molecular weight is 305 g/mol. The quantitative estimate of drug-likeness (QED) is 0.880. The van der Waals surface area contributed by atoms with Gasteiger partial charge in [0, 0.05) is 24.8 Å². The standard InChI is InChI=1S/C11H19N3O3S2/c1-8-10(18-11(15)12-8)19(16,17)14-6-4-5-9(7-14)13(2)3/h9H,4-7H2,1-3H3,(H,12,15). The number of H-pyrrole nitrogens is 1. The summed E-state index contributed by atoms with van der Waals surface area (Å²) in [6.07, 6.45) is 1.85. The van der Waals surface area contributed by atoms with Gasteiger partial charge < -0.3 is 9.88 Å². The van der Waals surface area contributed by atoms with Gasteiger partial charge in [0.25, 0.3) is 10.0 Å². The van der Waals surface area contributed by atoms with Crippen molar-refractivity contribution < 1.29 is 8.42 Å². The molecule has 0 radical (unpaired) electrons. The molecule has 108 valence electrons. The molecule has 0 saturated carbocycles. The van der Waals surface area contributed by atoms with Crippen LogP contribution >= 0.6 is 11.3 Å². The second-order valence-electron chi connectivity index (χ2n) is 5.05. The highest BCUT2D eigenvalue weighted by Gasteiger charge is 2.33. The number of nitrogens with one attached hydrogen (secondary N) is 1. The molecule has 1 N–H and O–H groups in total. The highest BCUT2D eigenvalue weighted by molar-refractivity contribution is 7.91. The SMILES string of the molecule is Cc1[nH]c(=O)sc1S(=O)(=O)N1CCCC(N(C)C)C1. The zero-order chi connectivity index (χ0) is 14.2. The van der Waals surface area contributed by atoms with Crippen molar-refractivity contribution in [2.24, 2.45) is 0 Å². The van der Waals surface area contributed by atoms with Crippen LogP contribution in [0.3, 0.4) is 0 Å². The molecule has 2 rings (SSSR count). The van der Waals surface area contributed by atoms with Crippen LogP contribution in [0.1, 0.15) is 18.5 Å². The van der Waals surface area contributed by atoms with Crippen LogP contribution in [0.15, 0.2) is 9.00 Å². The van der Waals surface area contributed by atoms with E-state index in [-0.39, 0.29) is 15.1 Å². The van der Waals surface area contributed by atoms with Gasteiger partial charge in [0.15, 0.2) is 4.21 Å². The van der Waals surface area contributed by atoms with Crippen LogP contribution in [-0.2, 0) is 10.0 Å². The van der Waals surface area contributed by atoms with Crippen molar-refractivity contribution in [2.75, 3.05) is 27.2 Å². The van der Waals surface area contributed by atoms with Gasteiger partial charge in [-0.25, -0.2) is 8.42 Å². The number of hydrogen-bond donors (Lipinski definition) is 1. The lowest BCUT2D eigenvalue weighted by Gasteiger charge is -2.35. The van der Waals surface area contributed by atoms with Crippen molar-refractivity contribution in [3.05, 3.63) is 15.4 Å². The van der Waals surface area contributed by atoms with Crippen LogP contribution in [-0.4, -0.2) is 55.8 Å². The first kappa shape index (κ1) is 14.7. The second-order valence-corrected chi connectivity index (χ2v) is 8.17. The molecule has 6 nitrogen and oxygen atoms in total. The molecule has 0 spiro atoms. The van der Waals surface area contributed by atoms with E-state index in [1.807, 2.05) is 19.0 Å². The second kappa shape index (κ2) is 5.35. The molecule has 1 aliphatic rings. The van der Waals surface area contributed by atoms with E-state index in [1.165, 1.54) is 4.31 Å². The summed E-state index contributed by atoms with van der Waals surface area (Å²) in [6, 6.07) is 0.236. The molecule has 0 amide bonds. The number of sulfonamides is 1. The minimum atomic E-state index is -3.54. The van der Waals surface area contributed by atoms with Crippen LogP contribution in [0.25, 0.3) is 0 Å². The fraction of sp³-hybridized carbons (Fsp3) is 0.727. The number of piperidine rings is 1. The summed E-state index contributed by atoms with van der Waals surface area (Å²) in [5.41, 5.74) is 0.432. The fourth-order valence-electron chi connectivity index (χ4n) is 2.31. The molecule has 0 aliphatic carbocycles. The maximum Gasteiger partial charge on any atom is 0.305 e. The van der Waals surface area contributed by atoms with Gasteiger partial charge in [-0.15, -0.1) is 0 Å². The zero-order valence-electron chi connectivity index (χ0n) is 11.3. The molecular weight excluding hydrogens is 286 g/mol. The Balaban J connectivity index is 2.29. The number of aryl methyl sites for hydroxylation is 1. The van der Waals surface area contributed by atoms with Gasteiger partial charge in [-0.1, -0.05) is 11.3 Å². The fourth-order valence-corrected chi connectivity index (χ4v) is 5.27. The summed E-state index contributed by atoms with van der Waals surface area (Å²) in [5.74, 6) is 0. The predicted octanol–water partition coefficient (Wildman–Crippen LogP) is 0.460. The first-order valence-corrected chi connectivity index (χ1v) is 8.44. The van der Waals surface area contributed by atoms with Crippen LogP contribution in [0.4, 0.5) is 0 Å². The Kier molecular flexibility index (Phi) is 4.14. The summed E-state index contributed by atoms with van der Waals surface area (Å²) >= 11 is 0.770. The van der Waals surface area contributed by atoms with E-state index >= 15 is 0 Å². The third-order valence-corrected chi connectivity index (χ3v) is 6.89. The minimum absolute atomic E-state index is 0.150. The number of aromatic amines is 1. The average Bonchev–Trinajstić information content (AvgIpc) is 2.69. The Bertz CT molecular complexity index is 603. The maximum atomic E-state index is 12.5. The highest BCUT2D eigenvalue weighted by Crippen LogP contribution is 2.25. The Labute approximate surface area is 117 Å². The lowest BCUT2D eigenvalue weighted by atomic mass is 10.1. The summed E-state index contributed by atoms with van der Waals surface area (Å²) in [7, 11) is 0.374. The summed E-state index contributed by atoms with van der Waals surface area (Å²) in [4.78, 5) is 15.5. The van der Waals surface area contributed by atoms with Crippen LogP contribution in [0.5, 0.6) is 0 Å². The van der Waals surface area contributed by atoms with Crippen molar-refractivity contribution in [1.29, 1.82) is 0 Å². The summed E-state index contributed by atoms with van der Waals surface area (Å²) in [5, 5.41) is 0. The summed E-state index contributed by atoms with van der Waals surface area (Å²) < 4.78 is 26.7. The predicted molar refractivity (Wildman–Crippen MR) is 75.1 cm³/mol. The first-order valence-electron chi connectivity index (χ1n) is 6.18. The van der Waals surface area contributed by atoms with Crippen molar-refractivity contribution in [2.45, 2.75) is 30.0 Å². The van der Waals surface area contributed by atoms with E-state index in [0.717, 1.165) is 24.2 Å². The Hall–Kier alpha value is -0.700. The van der Waals surface area contributed by atoms with Crippen LogP contribution < -0.4 is 4.87 Å². The topological polar surface area (TPSA) is 73.5 Å². The Morgan fingerprint density at radius 3 is 2.63 bits per heavy atom. The van der Waals surface area contributed by atoms with E-state index < -0.39 is 10.0 Å². The third kappa shape index (κ3) is 2.91. The van der Waals surface area contributed by atoms with Crippen molar-refractivity contribution in [3.63, 3.8) is 0 Å². The molecule has 1 atom stereocenters. The van der Waals surface area contributed by atoms with Gasteiger partial charge in [0.05, 0.1) is 0 Å². The third-order valence-electron chi connectivity index (χ3n) is 3.44. The molecule has 0 aromatic carbocycles. The molecule has 1 unspecified atom stereocenters. The van der Waals surface area contributed by atoms with Gasteiger partial charge in [0.2, 0.25) is 0 Å². The largest absolute Gasteiger partial charge is 0.315 e. The van der Waals surface area contributed by atoms with Crippen molar-refractivity contribution in [3.8, 4) is 0 Å². The molecule has 1 aromatic rings. The number of hydrogen-bond acceptors (Lipinski definition) is 5. The lowest BCUT2D eigenvalue weighted by Crippen LogP contribution is -2.47. The molecule has 8 heteroatoms. The zero-order valence-corrected chi connectivity index (χ0v) is 13.0. The van der Waals surface area contributed by atoms with Gasteiger partial charge in [-0.3, -0.25) is 4.79 Å². The monoisotopic (exact) mass is 305 g/mol. The molecule has 1 fully saturated rings. The van der Waals surface area contributed by atoms with Gasteiger partial charge in [0.1, 0.15) is 0 Å². The number of nitrogens with zero attached hydrogens (tertiary/aromatic N) is 2. The molecule has 19 heavy (non-hydrogen) atoms. The highest BCUT2D eigenvalue weighted by atomic mass is 32.2.